The lowest BCUT2D eigenvalue weighted by Gasteiger charge is -2.28. The largest absolute Gasteiger partial charge is 0.387 e. The SMILES string of the molecule is CNc1ccccc1C(=O)NC1CCC(=O)N(C)C1=O. The third kappa shape index (κ3) is 2.64. The van der Waals surface area contributed by atoms with Gasteiger partial charge in [0.25, 0.3) is 11.8 Å². The third-order valence-corrected chi connectivity index (χ3v) is 3.40. The molecule has 0 radical (unpaired) electrons. The standard InChI is InChI=1S/C14H17N3O3/c1-15-10-6-4-3-5-9(10)13(19)16-11-7-8-12(18)17(2)14(11)20/h3-6,11,15H,7-8H2,1-2H3,(H,16,19). The maximum atomic E-state index is 12.2. The van der Waals surface area contributed by atoms with Crippen molar-refractivity contribution in [3.63, 3.8) is 0 Å². The Balaban J connectivity index is 2.12. The van der Waals surface area contributed by atoms with Crippen LogP contribution in [0.2, 0.25) is 0 Å². The van der Waals surface area contributed by atoms with E-state index < -0.39 is 6.04 Å². The first-order chi connectivity index (χ1) is 9.54. The minimum atomic E-state index is -0.643. The molecular weight excluding hydrogens is 258 g/mol. The fraction of sp³-hybridized carbons (Fsp3) is 0.357. The zero-order valence-electron chi connectivity index (χ0n) is 11.5. The number of nitrogens with one attached hydrogen (secondary N) is 2. The van der Waals surface area contributed by atoms with Gasteiger partial charge in [-0.3, -0.25) is 19.3 Å². The number of amides is 3. The predicted molar refractivity (Wildman–Crippen MR) is 74.3 cm³/mol. The van der Waals surface area contributed by atoms with Crippen molar-refractivity contribution in [2.75, 3.05) is 19.4 Å². The molecule has 1 saturated heterocycles. The van der Waals surface area contributed by atoms with Crippen LogP contribution in [0.1, 0.15) is 23.2 Å². The van der Waals surface area contributed by atoms with Crippen molar-refractivity contribution < 1.29 is 14.4 Å². The highest BCUT2D eigenvalue weighted by atomic mass is 16.2. The van der Waals surface area contributed by atoms with Gasteiger partial charge in [0.15, 0.2) is 0 Å². The van der Waals surface area contributed by atoms with Crippen LogP contribution in [0, 0.1) is 0 Å². The molecule has 6 heteroatoms. The summed E-state index contributed by atoms with van der Waals surface area (Å²) >= 11 is 0. The van der Waals surface area contributed by atoms with Gasteiger partial charge in [0.05, 0.1) is 5.56 Å². The van der Waals surface area contributed by atoms with Crippen molar-refractivity contribution in [1.82, 2.24) is 10.2 Å². The highest BCUT2D eigenvalue weighted by molar-refractivity contribution is 6.05. The van der Waals surface area contributed by atoms with Crippen molar-refractivity contribution in [3.05, 3.63) is 29.8 Å². The lowest BCUT2D eigenvalue weighted by atomic mass is 10.0. The average Bonchev–Trinajstić information content (AvgIpc) is 2.47. The zero-order chi connectivity index (χ0) is 14.7. The van der Waals surface area contributed by atoms with Crippen molar-refractivity contribution >= 4 is 23.4 Å². The minimum absolute atomic E-state index is 0.212. The van der Waals surface area contributed by atoms with Gasteiger partial charge in [0.2, 0.25) is 5.91 Å². The van der Waals surface area contributed by atoms with Gasteiger partial charge in [0, 0.05) is 26.2 Å². The summed E-state index contributed by atoms with van der Waals surface area (Å²) in [6.07, 6.45) is 0.607. The van der Waals surface area contributed by atoms with Gasteiger partial charge in [-0.2, -0.15) is 0 Å². The van der Waals surface area contributed by atoms with Crippen LogP contribution in [-0.4, -0.2) is 42.8 Å². The van der Waals surface area contributed by atoms with Crippen LogP contribution in [0.15, 0.2) is 24.3 Å². The number of benzene rings is 1. The summed E-state index contributed by atoms with van der Waals surface area (Å²) in [5.74, 6) is -0.899. The Kier molecular flexibility index (Phi) is 4.02. The van der Waals surface area contributed by atoms with Crippen LogP contribution in [0.3, 0.4) is 0 Å². The van der Waals surface area contributed by atoms with E-state index in [-0.39, 0.29) is 24.1 Å². The molecule has 1 aromatic rings. The number of likely N-dealkylation sites (N-methyl/N-ethyl adjacent to an activating group) is 1. The summed E-state index contributed by atoms with van der Waals surface area (Å²) in [4.78, 5) is 36.6. The molecule has 0 aromatic heterocycles. The maximum absolute atomic E-state index is 12.2. The molecule has 1 atom stereocenters. The molecule has 2 N–H and O–H groups in total. The van der Waals surface area contributed by atoms with Crippen LogP contribution >= 0.6 is 0 Å². The number of hydrogen-bond acceptors (Lipinski definition) is 4. The Morgan fingerprint density at radius 3 is 2.70 bits per heavy atom. The summed E-state index contributed by atoms with van der Waals surface area (Å²) < 4.78 is 0. The van der Waals surface area contributed by atoms with E-state index in [2.05, 4.69) is 10.6 Å². The van der Waals surface area contributed by atoms with E-state index >= 15 is 0 Å². The highest BCUT2D eigenvalue weighted by Gasteiger charge is 2.33. The molecule has 1 fully saturated rings. The van der Waals surface area contributed by atoms with Gasteiger partial charge < -0.3 is 10.6 Å². The van der Waals surface area contributed by atoms with Crippen LogP contribution < -0.4 is 10.6 Å². The molecule has 0 aliphatic carbocycles. The molecule has 3 amide bonds. The smallest absolute Gasteiger partial charge is 0.254 e. The topological polar surface area (TPSA) is 78.5 Å². The van der Waals surface area contributed by atoms with Crippen molar-refractivity contribution in [2.24, 2.45) is 0 Å². The Morgan fingerprint density at radius 1 is 1.30 bits per heavy atom. The Hall–Kier alpha value is -2.37. The molecule has 1 aliphatic rings. The van der Waals surface area contributed by atoms with Crippen LogP contribution in [0.25, 0.3) is 0 Å². The number of rotatable bonds is 3. The van der Waals surface area contributed by atoms with E-state index in [1.54, 1.807) is 25.2 Å². The van der Waals surface area contributed by atoms with E-state index in [0.29, 0.717) is 17.7 Å². The fourth-order valence-corrected chi connectivity index (χ4v) is 2.18. The average molecular weight is 275 g/mol. The minimum Gasteiger partial charge on any atom is -0.387 e. The van der Waals surface area contributed by atoms with Crippen LogP contribution in [0.4, 0.5) is 5.69 Å². The molecule has 2 rings (SSSR count). The lowest BCUT2D eigenvalue weighted by molar-refractivity contribution is -0.147. The van der Waals surface area contributed by atoms with Crippen molar-refractivity contribution in [3.8, 4) is 0 Å². The molecule has 1 aromatic carbocycles. The second-order valence-corrected chi connectivity index (χ2v) is 4.65. The van der Waals surface area contributed by atoms with E-state index in [9.17, 15) is 14.4 Å². The van der Waals surface area contributed by atoms with Crippen LogP contribution in [0.5, 0.6) is 0 Å². The lowest BCUT2D eigenvalue weighted by Crippen LogP contribution is -2.52. The zero-order valence-corrected chi connectivity index (χ0v) is 11.5. The third-order valence-electron chi connectivity index (χ3n) is 3.40. The highest BCUT2D eigenvalue weighted by Crippen LogP contribution is 2.16. The number of para-hydroxylation sites is 1. The molecule has 1 aliphatic heterocycles. The van der Waals surface area contributed by atoms with Crippen molar-refractivity contribution in [2.45, 2.75) is 18.9 Å². The molecular formula is C14H17N3O3. The number of carbonyl (C=O) groups is 3. The molecule has 0 spiro atoms. The number of hydrogen-bond donors (Lipinski definition) is 2. The second-order valence-electron chi connectivity index (χ2n) is 4.65. The number of imide groups is 1. The number of carbonyl (C=O) groups excluding carboxylic acids is 3. The summed E-state index contributed by atoms with van der Waals surface area (Å²) in [5, 5.41) is 5.62. The maximum Gasteiger partial charge on any atom is 0.254 e. The molecule has 1 heterocycles. The normalized spacial score (nSPS) is 18.9. The quantitative estimate of drug-likeness (QED) is 0.792. The first kappa shape index (κ1) is 14.0. The van der Waals surface area contributed by atoms with Gasteiger partial charge in [-0.1, -0.05) is 12.1 Å². The molecule has 0 bridgehead atoms. The Morgan fingerprint density at radius 2 is 2.00 bits per heavy atom. The first-order valence-electron chi connectivity index (χ1n) is 6.42. The van der Waals surface area contributed by atoms with Gasteiger partial charge in [-0.05, 0) is 18.6 Å². The molecule has 1 unspecified atom stereocenters. The Labute approximate surface area is 117 Å². The van der Waals surface area contributed by atoms with Crippen LogP contribution in [-0.2, 0) is 9.59 Å². The predicted octanol–water partition coefficient (Wildman–Crippen LogP) is 0.605. The molecule has 6 nitrogen and oxygen atoms in total. The van der Waals surface area contributed by atoms with Crippen molar-refractivity contribution in [1.29, 1.82) is 0 Å². The summed E-state index contributed by atoms with van der Waals surface area (Å²) in [7, 11) is 3.16. The summed E-state index contributed by atoms with van der Waals surface area (Å²) in [6, 6.07) is 6.40. The number of anilines is 1. The van der Waals surface area contributed by atoms with E-state index in [1.165, 1.54) is 7.05 Å². The van der Waals surface area contributed by atoms with Gasteiger partial charge >= 0.3 is 0 Å². The first-order valence-corrected chi connectivity index (χ1v) is 6.42. The van der Waals surface area contributed by atoms with E-state index in [0.717, 1.165) is 4.90 Å². The van der Waals surface area contributed by atoms with E-state index in [4.69, 9.17) is 0 Å². The summed E-state index contributed by atoms with van der Waals surface area (Å²) in [6.45, 7) is 0. The number of piperidine rings is 1. The summed E-state index contributed by atoms with van der Waals surface area (Å²) in [5.41, 5.74) is 1.17. The molecule has 0 saturated carbocycles. The van der Waals surface area contributed by atoms with E-state index in [1.807, 2.05) is 6.07 Å². The van der Waals surface area contributed by atoms with Gasteiger partial charge in [0.1, 0.15) is 6.04 Å². The number of nitrogens with zero attached hydrogens (tertiary/aromatic N) is 1. The fourth-order valence-electron chi connectivity index (χ4n) is 2.18. The monoisotopic (exact) mass is 275 g/mol. The molecule has 20 heavy (non-hydrogen) atoms. The Bertz CT molecular complexity index is 556. The molecule has 106 valence electrons. The number of likely N-dealkylation sites (tertiary alicyclic amines) is 1. The second kappa shape index (κ2) is 5.73. The van der Waals surface area contributed by atoms with Gasteiger partial charge in [-0.25, -0.2) is 0 Å². The van der Waals surface area contributed by atoms with Gasteiger partial charge in [-0.15, -0.1) is 0 Å².